The molecule has 0 aromatic carbocycles. The molecule has 62 valence electrons. The van der Waals surface area contributed by atoms with E-state index < -0.39 is 0 Å². The van der Waals surface area contributed by atoms with Crippen LogP contribution in [0.1, 0.15) is 27.3 Å². The molecular weight excluding hydrogens is 138 g/mol. The molecule has 0 saturated carbocycles. The van der Waals surface area contributed by atoms with Crippen molar-refractivity contribution in [3.63, 3.8) is 0 Å². The zero-order valence-corrected chi connectivity index (χ0v) is 6.24. The van der Waals surface area contributed by atoms with Crippen LogP contribution in [0.15, 0.2) is 29.2 Å². The molecule has 0 amide bonds. The third kappa shape index (κ3) is 2.22. The van der Waals surface area contributed by atoms with Crippen LogP contribution in [0.3, 0.4) is 0 Å². The molecule has 0 saturated heterocycles. The predicted molar refractivity (Wildman–Crippen MR) is 47.8 cm³/mol. The Labute approximate surface area is 67.5 Å². The lowest BCUT2D eigenvalue weighted by Gasteiger charge is -2.06. The molecule has 1 rings (SSSR count). The van der Waals surface area contributed by atoms with E-state index in [1.807, 2.05) is 19.9 Å². The lowest BCUT2D eigenvalue weighted by molar-refractivity contribution is 0.578. The van der Waals surface area contributed by atoms with Crippen LogP contribution in [-0.2, 0) is 0 Å². The number of hydrogen-bond donors (Lipinski definition) is 0. The molecule has 0 bridgehead atoms. The first kappa shape index (κ1) is 9.95. The summed E-state index contributed by atoms with van der Waals surface area (Å²) in [6, 6.07) is 5.44. The average molecular weight is 153 g/mol. The third-order valence-electron chi connectivity index (χ3n) is 1.41. The van der Waals surface area contributed by atoms with Crippen LogP contribution >= 0.6 is 0 Å². The van der Waals surface area contributed by atoms with Gasteiger partial charge in [0.15, 0.2) is 0 Å². The zero-order chi connectivity index (χ0) is 7.56. The number of pyridine rings is 1. The van der Waals surface area contributed by atoms with Gasteiger partial charge in [0, 0.05) is 18.3 Å². The standard InChI is InChI=1S/C8H11NO.CH4/c1-7(2)9-6-4-3-5-8(9)10;/h3-7H,1-2H3;1H4. The largest absolute Gasteiger partial charge is 0.313 e. The minimum Gasteiger partial charge on any atom is -0.313 e. The molecule has 0 radical (unpaired) electrons. The van der Waals surface area contributed by atoms with Crippen molar-refractivity contribution in [3.8, 4) is 0 Å². The second-order valence-electron chi connectivity index (χ2n) is 2.54. The van der Waals surface area contributed by atoms with Crippen LogP contribution < -0.4 is 5.56 Å². The molecule has 1 aromatic heterocycles. The fraction of sp³-hybridized carbons (Fsp3) is 0.444. The summed E-state index contributed by atoms with van der Waals surface area (Å²) < 4.78 is 1.69. The van der Waals surface area contributed by atoms with E-state index in [2.05, 4.69) is 0 Å². The maximum Gasteiger partial charge on any atom is 0.250 e. The summed E-state index contributed by atoms with van der Waals surface area (Å²) in [6.45, 7) is 3.98. The highest BCUT2D eigenvalue weighted by molar-refractivity contribution is 4.94. The normalized spacial score (nSPS) is 9.36. The number of nitrogens with zero attached hydrogens (tertiary/aromatic N) is 1. The quantitative estimate of drug-likeness (QED) is 0.605. The van der Waals surface area contributed by atoms with Gasteiger partial charge in [0.2, 0.25) is 0 Å². The molecule has 0 N–H and O–H groups in total. The van der Waals surface area contributed by atoms with E-state index in [1.54, 1.807) is 22.9 Å². The molecule has 0 unspecified atom stereocenters. The maximum absolute atomic E-state index is 11.0. The molecule has 0 aliphatic carbocycles. The van der Waals surface area contributed by atoms with Gasteiger partial charge in [0.05, 0.1) is 0 Å². The minimum atomic E-state index is 0. The second kappa shape index (κ2) is 3.96. The lowest BCUT2D eigenvalue weighted by Crippen LogP contribution is -2.19. The number of hydrogen-bond acceptors (Lipinski definition) is 1. The van der Waals surface area contributed by atoms with Gasteiger partial charge >= 0.3 is 0 Å². The van der Waals surface area contributed by atoms with Crippen LogP contribution in [-0.4, -0.2) is 4.57 Å². The summed E-state index contributed by atoms with van der Waals surface area (Å²) in [7, 11) is 0. The van der Waals surface area contributed by atoms with E-state index in [0.29, 0.717) is 0 Å². The highest BCUT2D eigenvalue weighted by Gasteiger charge is 1.95. The molecule has 2 heteroatoms. The third-order valence-corrected chi connectivity index (χ3v) is 1.41. The van der Waals surface area contributed by atoms with Crippen molar-refractivity contribution in [2.75, 3.05) is 0 Å². The summed E-state index contributed by atoms with van der Waals surface area (Å²) in [4.78, 5) is 11.0. The topological polar surface area (TPSA) is 22.0 Å². The summed E-state index contributed by atoms with van der Waals surface area (Å²) >= 11 is 0. The van der Waals surface area contributed by atoms with Crippen LogP contribution in [0.5, 0.6) is 0 Å². The van der Waals surface area contributed by atoms with E-state index >= 15 is 0 Å². The first-order valence-electron chi connectivity index (χ1n) is 3.39. The van der Waals surface area contributed by atoms with Crippen molar-refractivity contribution in [1.82, 2.24) is 4.57 Å². The Hall–Kier alpha value is -1.05. The molecule has 0 aliphatic heterocycles. The highest BCUT2D eigenvalue weighted by atomic mass is 16.1. The van der Waals surface area contributed by atoms with Gasteiger partial charge in [-0.15, -0.1) is 0 Å². The van der Waals surface area contributed by atoms with Gasteiger partial charge in [0.1, 0.15) is 0 Å². The second-order valence-corrected chi connectivity index (χ2v) is 2.54. The van der Waals surface area contributed by atoms with Crippen molar-refractivity contribution in [3.05, 3.63) is 34.7 Å². The monoisotopic (exact) mass is 153 g/mol. The number of aromatic nitrogens is 1. The SMILES string of the molecule is C.CC(C)n1ccccc1=O. The maximum atomic E-state index is 11.0. The molecular formula is C9H15NO. The van der Waals surface area contributed by atoms with E-state index in [4.69, 9.17) is 0 Å². The van der Waals surface area contributed by atoms with Crippen LogP contribution in [0.4, 0.5) is 0 Å². The van der Waals surface area contributed by atoms with E-state index in [9.17, 15) is 4.79 Å². The first-order chi connectivity index (χ1) is 4.72. The predicted octanol–water partition coefficient (Wildman–Crippen LogP) is 2.07. The molecule has 0 spiro atoms. The fourth-order valence-electron chi connectivity index (χ4n) is 0.866. The van der Waals surface area contributed by atoms with Crippen molar-refractivity contribution in [2.45, 2.75) is 27.3 Å². The molecule has 0 fully saturated rings. The Morgan fingerprint density at radius 1 is 1.36 bits per heavy atom. The zero-order valence-electron chi connectivity index (χ0n) is 6.24. The smallest absolute Gasteiger partial charge is 0.250 e. The summed E-state index contributed by atoms with van der Waals surface area (Å²) in [6.07, 6.45) is 1.80. The summed E-state index contributed by atoms with van der Waals surface area (Å²) in [5, 5.41) is 0. The van der Waals surface area contributed by atoms with E-state index in [-0.39, 0.29) is 19.0 Å². The summed E-state index contributed by atoms with van der Waals surface area (Å²) in [5.41, 5.74) is 0.0671. The van der Waals surface area contributed by atoms with Gasteiger partial charge in [-0.2, -0.15) is 0 Å². The van der Waals surface area contributed by atoms with Gasteiger partial charge in [-0.05, 0) is 19.9 Å². The first-order valence-corrected chi connectivity index (χ1v) is 3.39. The molecule has 1 aromatic rings. The van der Waals surface area contributed by atoms with Crippen molar-refractivity contribution < 1.29 is 0 Å². The van der Waals surface area contributed by atoms with Gasteiger partial charge in [-0.3, -0.25) is 4.79 Å². The minimum absolute atomic E-state index is 0. The Morgan fingerprint density at radius 2 is 2.00 bits per heavy atom. The average Bonchev–Trinajstić information content (AvgIpc) is 1.88. The Balaban J connectivity index is 0.000001000. The van der Waals surface area contributed by atoms with E-state index in [1.165, 1.54) is 0 Å². The molecule has 1 heterocycles. The molecule has 0 aliphatic rings. The van der Waals surface area contributed by atoms with E-state index in [0.717, 1.165) is 0 Å². The Morgan fingerprint density at radius 3 is 2.36 bits per heavy atom. The van der Waals surface area contributed by atoms with Crippen LogP contribution in [0, 0.1) is 0 Å². The fourth-order valence-corrected chi connectivity index (χ4v) is 0.866. The number of rotatable bonds is 1. The highest BCUT2D eigenvalue weighted by Crippen LogP contribution is 1.96. The Bertz CT molecular complexity index is 262. The van der Waals surface area contributed by atoms with Gasteiger partial charge in [-0.25, -0.2) is 0 Å². The van der Waals surface area contributed by atoms with Crippen molar-refractivity contribution in [2.24, 2.45) is 0 Å². The molecule has 11 heavy (non-hydrogen) atoms. The molecule has 0 atom stereocenters. The van der Waals surface area contributed by atoms with Crippen molar-refractivity contribution >= 4 is 0 Å². The van der Waals surface area contributed by atoms with Crippen LogP contribution in [0.2, 0.25) is 0 Å². The van der Waals surface area contributed by atoms with Crippen molar-refractivity contribution in [1.29, 1.82) is 0 Å². The van der Waals surface area contributed by atoms with Gasteiger partial charge in [-0.1, -0.05) is 13.5 Å². The summed E-state index contributed by atoms with van der Waals surface area (Å²) in [5.74, 6) is 0. The van der Waals surface area contributed by atoms with Gasteiger partial charge < -0.3 is 4.57 Å². The molecule has 2 nitrogen and oxygen atoms in total. The lowest BCUT2D eigenvalue weighted by atomic mass is 10.3. The van der Waals surface area contributed by atoms with Crippen LogP contribution in [0.25, 0.3) is 0 Å². The van der Waals surface area contributed by atoms with Gasteiger partial charge in [0.25, 0.3) is 5.56 Å². The Kier molecular flexibility index (Phi) is 3.58.